The molecule has 3 heteroatoms. The van der Waals surface area contributed by atoms with Gasteiger partial charge in [0.25, 0.3) is 0 Å². The van der Waals surface area contributed by atoms with Gasteiger partial charge in [0, 0.05) is 18.8 Å². The molecule has 18 heavy (non-hydrogen) atoms. The molecule has 1 N–H and O–H groups in total. The maximum absolute atomic E-state index is 4.79. The van der Waals surface area contributed by atoms with Gasteiger partial charge in [-0.1, -0.05) is 45.4 Å². The first-order chi connectivity index (χ1) is 8.61. The molecule has 2 nitrogen and oxygen atoms in total. The van der Waals surface area contributed by atoms with E-state index in [1.54, 1.807) is 0 Å². The number of rotatable bonds is 4. The van der Waals surface area contributed by atoms with Crippen molar-refractivity contribution < 1.29 is 0 Å². The molecule has 0 amide bonds. The lowest BCUT2D eigenvalue weighted by molar-refractivity contribution is 0.315. The van der Waals surface area contributed by atoms with Gasteiger partial charge in [-0.3, -0.25) is 4.99 Å². The highest BCUT2D eigenvalue weighted by molar-refractivity contribution is 8.13. The summed E-state index contributed by atoms with van der Waals surface area (Å²) in [6.07, 6.45) is 8.09. The Labute approximate surface area is 116 Å². The van der Waals surface area contributed by atoms with Crippen LogP contribution in [0.25, 0.3) is 0 Å². The van der Waals surface area contributed by atoms with E-state index in [-0.39, 0.29) is 0 Å². The summed E-state index contributed by atoms with van der Waals surface area (Å²) in [6, 6.07) is 0. The Hall–Kier alpha value is -0.180. The Kier molecular flexibility index (Phi) is 4.63. The van der Waals surface area contributed by atoms with Crippen LogP contribution in [0.4, 0.5) is 0 Å². The predicted molar refractivity (Wildman–Crippen MR) is 82.4 cm³/mol. The summed E-state index contributed by atoms with van der Waals surface area (Å²) in [5, 5.41) is 4.80. The van der Waals surface area contributed by atoms with E-state index in [2.05, 4.69) is 26.1 Å². The fraction of sp³-hybridized carbons (Fsp3) is 0.933. The van der Waals surface area contributed by atoms with Crippen LogP contribution in [0.3, 0.4) is 0 Å². The van der Waals surface area contributed by atoms with Gasteiger partial charge in [-0.25, -0.2) is 0 Å². The minimum atomic E-state index is 0.465. The van der Waals surface area contributed by atoms with Gasteiger partial charge >= 0.3 is 0 Å². The van der Waals surface area contributed by atoms with Crippen LogP contribution < -0.4 is 5.32 Å². The third-order valence-corrected chi connectivity index (χ3v) is 6.35. The third-order valence-electron chi connectivity index (χ3n) is 5.05. The Morgan fingerprint density at radius 1 is 1.22 bits per heavy atom. The van der Waals surface area contributed by atoms with Crippen molar-refractivity contribution in [2.24, 2.45) is 15.8 Å². The van der Waals surface area contributed by atoms with E-state index in [0.717, 1.165) is 13.1 Å². The number of hydrogen-bond donors (Lipinski definition) is 1. The lowest BCUT2D eigenvalue weighted by Crippen LogP contribution is -2.38. The largest absolute Gasteiger partial charge is 0.364 e. The molecule has 2 rings (SSSR count). The quantitative estimate of drug-likeness (QED) is 0.831. The molecule has 1 aliphatic heterocycles. The van der Waals surface area contributed by atoms with Crippen LogP contribution >= 0.6 is 11.8 Å². The van der Waals surface area contributed by atoms with Crippen LogP contribution in [0.5, 0.6) is 0 Å². The molecule has 0 saturated heterocycles. The minimum absolute atomic E-state index is 0.465. The highest BCUT2D eigenvalue weighted by Gasteiger charge is 2.32. The van der Waals surface area contributed by atoms with Crippen molar-refractivity contribution in [1.29, 1.82) is 0 Å². The van der Waals surface area contributed by atoms with E-state index >= 15 is 0 Å². The van der Waals surface area contributed by atoms with Gasteiger partial charge < -0.3 is 5.32 Å². The van der Waals surface area contributed by atoms with Crippen molar-refractivity contribution in [2.45, 2.75) is 59.3 Å². The van der Waals surface area contributed by atoms with E-state index < -0.39 is 0 Å². The van der Waals surface area contributed by atoms with Gasteiger partial charge in [0.1, 0.15) is 0 Å². The number of aliphatic imine (C=N–C) groups is 1. The Bertz CT molecular complexity index is 302. The van der Waals surface area contributed by atoms with Gasteiger partial charge in [-0.2, -0.15) is 0 Å². The molecular weight excluding hydrogens is 240 g/mol. The van der Waals surface area contributed by atoms with Crippen LogP contribution in [0, 0.1) is 10.8 Å². The third kappa shape index (κ3) is 3.23. The van der Waals surface area contributed by atoms with Crippen LogP contribution in [0.2, 0.25) is 0 Å². The van der Waals surface area contributed by atoms with Crippen molar-refractivity contribution in [1.82, 2.24) is 5.32 Å². The molecule has 0 aromatic heterocycles. The zero-order valence-corrected chi connectivity index (χ0v) is 13.0. The number of nitrogens with one attached hydrogen (secondary N) is 1. The van der Waals surface area contributed by atoms with Crippen LogP contribution in [0.1, 0.15) is 59.3 Å². The first-order valence-electron chi connectivity index (χ1n) is 7.53. The average molecular weight is 268 g/mol. The maximum atomic E-state index is 4.79. The van der Waals surface area contributed by atoms with Crippen LogP contribution in [-0.4, -0.2) is 24.0 Å². The fourth-order valence-corrected chi connectivity index (χ4v) is 4.30. The van der Waals surface area contributed by atoms with Gasteiger partial charge in [0.2, 0.25) is 0 Å². The molecule has 2 aliphatic rings. The molecule has 0 unspecified atom stereocenters. The molecular formula is C15H28N2S. The molecule has 1 heterocycles. The number of thioether (sulfide) groups is 1. The van der Waals surface area contributed by atoms with E-state index in [1.165, 1.54) is 49.4 Å². The second-order valence-corrected chi connectivity index (χ2v) is 7.45. The number of hydrogen-bond acceptors (Lipinski definition) is 3. The SMILES string of the molecule is CCC1(CC)CN=C(NCC2(C)CCCC2)SC1. The van der Waals surface area contributed by atoms with E-state index in [1.807, 2.05) is 11.8 Å². The van der Waals surface area contributed by atoms with Crippen molar-refractivity contribution in [3.63, 3.8) is 0 Å². The highest BCUT2D eigenvalue weighted by atomic mass is 32.2. The van der Waals surface area contributed by atoms with Gasteiger partial charge in [-0.15, -0.1) is 0 Å². The summed E-state index contributed by atoms with van der Waals surface area (Å²) in [7, 11) is 0. The van der Waals surface area contributed by atoms with E-state index in [4.69, 9.17) is 4.99 Å². The average Bonchev–Trinajstić information content (AvgIpc) is 2.85. The molecule has 0 atom stereocenters. The second kappa shape index (κ2) is 5.85. The lowest BCUT2D eigenvalue weighted by Gasteiger charge is -2.34. The molecule has 0 spiro atoms. The molecule has 0 radical (unpaired) electrons. The van der Waals surface area contributed by atoms with Crippen molar-refractivity contribution in [3.8, 4) is 0 Å². The Morgan fingerprint density at radius 2 is 1.89 bits per heavy atom. The summed E-state index contributed by atoms with van der Waals surface area (Å²) in [4.78, 5) is 4.79. The Morgan fingerprint density at radius 3 is 2.39 bits per heavy atom. The smallest absolute Gasteiger partial charge is 0.156 e. The molecule has 0 bridgehead atoms. The lowest BCUT2D eigenvalue weighted by atomic mass is 9.84. The van der Waals surface area contributed by atoms with Gasteiger partial charge in [-0.05, 0) is 36.5 Å². The molecule has 1 fully saturated rings. The Balaban J connectivity index is 1.83. The molecule has 1 saturated carbocycles. The minimum Gasteiger partial charge on any atom is -0.364 e. The highest BCUT2D eigenvalue weighted by Crippen LogP contribution is 2.38. The summed E-state index contributed by atoms with van der Waals surface area (Å²) >= 11 is 1.94. The van der Waals surface area contributed by atoms with Gasteiger partial charge in [0.05, 0.1) is 0 Å². The van der Waals surface area contributed by atoms with Crippen LogP contribution in [0.15, 0.2) is 4.99 Å². The standard InChI is InChI=1S/C15H28N2S/c1-4-15(5-2)11-17-13(18-12-15)16-10-14(3)8-6-7-9-14/h4-12H2,1-3H3,(H,16,17). The summed E-state index contributed by atoms with van der Waals surface area (Å²) < 4.78 is 0. The molecule has 0 aromatic carbocycles. The second-order valence-electron chi connectivity index (χ2n) is 6.49. The van der Waals surface area contributed by atoms with Gasteiger partial charge in [0.15, 0.2) is 5.17 Å². The van der Waals surface area contributed by atoms with Crippen molar-refractivity contribution in [3.05, 3.63) is 0 Å². The van der Waals surface area contributed by atoms with Crippen molar-refractivity contribution in [2.75, 3.05) is 18.8 Å². The molecule has 104 valence electrons. The first kappa shape index (κ1) is 14.2. The maximum Gasteiger partial charge on any atom is 0.156 e. The summed E-state index contributed by atoms with van der Waals surface area (Å²) in [5.41, 5.74) is 0.986. The topological polar surface area (TPSA) is 24.4 Å². The zero-order chi connectivity index (χ0) is 13.1. The van der Waals surface area contributed by atoms with E-state index in [9.17, 15) is 0 Å². The normalized spacial score (nSPS) is 25.8. The molecule has 1 aliphatic carbocycles. The first-order valence-corrected chi connectivity index (χ1v) is 8.51. The summed E-state index contributed by atoms with van der Waals surface area (Å²) in [6.45, 7) is 9.16. The van der Waals surface area contributed by atoms with Crippen molar-refractivity contribution >= 4 is 16.9 Å². The van der Waals surface area contributed by atoms with Crippen LogP contribution in [-0.2, 0) is 0 Å². The predicted octanol–water partition coefficient (Wildman–Crippen LogP) is 4.07. The molecule has 0 aromatic rings. The zero-order valence-electron chi connectivity index (χ0n) is 12.2. The number of amidine groups is 1. The monoisotopic (exact) mass is 268 g/mol. The van der Waals surface area contributed by atoms with E-state index in [0.29, 0.717) is 10.8 Å². The summed E-state index contributed by atoms with van der Waals surface area (Å²) in [5.74, 6) is 1.24. The fourth-order valence-electron chi connectivity index (χ4n) is 3.03. The number of nitrogens with zero attached hydrogens (tertiary/aromatic N) is 1.